The summed E-state index contributed by atoms with van der Waals surface area (Å²) < 4.78 is 93.5. The van der Waals surface area contributed by atoms with E-state index in [1.54, 1.807) is 5.10 Å². The summed E-state index contributed by atoms with van der Waals surface area (Å²) in [7, 11) is 0. The molecule has 11 heteroatoms. The Bertz CT molecular complexity index is 1110. The summed E-state index contributed by atoms with van der Waals surface area (Å²) in [5, 5.41) is 7.26. The standard InChI is InChI=1S/C18H10F7N3O/c1-7-15(27-28-16(7)18(23,24)25)9-3-2-8(6-12(9)21)26-17(29)13-10(19)4-5-11(20)14(13)22/h2-6H,1H3,(H,26,29)(H,27,28). The van der Waals surface area contributed by atoms with Gasteiger partial charge in [0.15, 0.2) is 11.6 Å². The molecule has 1 heterocycles. The van der Waals surface area contributed by atoms with Crippen LogP contribution in [0.25, 0.3) is 11.3 Å². The van der Waals surface area contributed by atoms with Crippen LogP contribution in [0.1, 0.15) is 21.6 Å². The number of hydrogen-bond acceptors (Lipinski definition) is 2. The summed E-state index contributed by atoms with van der Waals surface area (Å²) in [4.78, 5) is 12.0. The molecule has 0 radical (unpaired) electrons. The number of aromatic nitrogens is 2. The van der Waals surface area contributed by atoms with Gasteiger partial charge in [-0.2, -0.15) is 18.3 Å². The van der Waals surface area contributed by atoms with Crippen LogP contribution >= 0.6 is 0 Å². The third-order valence-electron chi connectivity index (χ3n) is 4.05. The largest absolute Gasteiger partial charge is 0.433 e. The first-order valence-corrected chi connectivity index (χ1v) is 7.87. The topological polar surface area (TPSA) is 57.8 Å². The molecule has 1 aromatic heterocycles. The lowest BCUT2D eigenvalue weighted by atomic mass is 10.1. The molecule has 0 aliphatic carbocycles. The highest BCUT2D eigenvalue weighted by Crippen LogP contribution is 2.35. The van der Waals surface area contributed by atoms with Crippen molar-refractivity contribution in [1.29, 1.82) is 0 Å². The Labute approximate surface area is 158 Å². The van der Waals surface area contributed by atoms with Crippen LogP contribution in [0.5, 0.6) is 0 Å². The first kappa shape index (κ1) is 20.4. The molecule has 0 atom stereocenters. The van der Waals surface area contributed by atoms with E-state index >= 15 is 0 Å². The van der Waals surface area contributed by atoms with E-state index in [0.717, 1.165) is 25.1 Å². The van der Waals surface area contributed by atoms with Crippen LogP contribution < -0.4 is 5.32 Å². The first-order valence-electron chi connectivity index (χ1n) is 7.87. The highest BCUT2D eigenvalue weighted by Gasteiger charge is 2.36. The van der Waals surface area contributed by atoms with E-state index in [1.165, 1.54) is 0 Å². The number of carbonyl (C=O) groups is 1. The molecule has 4 nitrogen and oxygen atoms in total. The van der Waals surface area contributed by atoms with Crippen LogP contribution in [0.15, 0.2) is 30.3 Å². The Balaban J connectivity index is 1.91. The van der Waals surface area contributed by atoms with Crippen molar-refractivity contribution in [2.45, 2.75) is 13.1 Å². The fourth-order valence-corrected chi connectivity index (χ4v) is 2.65. The minimum absolute atomic E-state index is 0.261. The van der Waals surface area contributed by atoms with E-state index in [1.807, 2.05) is 5.32 Å². The second kappa shape index (κ2) is 7.22. The minimum atomic E-state index is -4.71. The molecule has 0 unspecified atom stereocenters. The summed E-state index contributed by atoms with van der Waals surface area (Å²) in [5.74, 6) is -6.92. The van der Waals surface area contributed by atoms with Gasteiger partial charge in [-0.05, 0) is 37.3 Å². The number of halogens is 7. The molecule has 3 rings (SSSR count). The molecular weight excluding hydrogens is 407 g/mol. The molecule has 0 aliphatic heterocycles. The zero-order chi connectivity index (χ0) is 21.5. The summed E-state index contributed by atoms with van der Waals surface area (Å²) in [6.07, 6.45) is -4.71. The molecule has 1 amide bonds. The lowest BCUT2D eigenvalue weighted by Gasteiger charge is -2.09. The van der Waals surface area contributed by atoms with Gasteiger partial charge in [0.1, 0.15) is 22.9 Å². The van der Waals surface area contributed by atoms with Crippen LogP contribution in [-0.2, 0) is 6.18 Å². The SMILES string of the molecule is Cc1c(-c2ccc(NC(=O)c3c(F)ccc(F)c3F)cc2F)n[nH]c1C(F)(F)F. The van der Waals surface area contributed by atoms with Crippen LogP contribution in [0.2, 0.25) is 0 Å². The predicted octanol–water partition coefficient (Wildman–Crippen LogP) is 5.21. The van der Waals surface area contributed by atoms with Gasteiger partial charge in [0.2, 0.25) is 0 Å². The predicted molar refractivity (Wildman–Crippen MR) is 88.0 cm³/mol. The third kappa shape index (κ3) is 3.80. The van der Waals surface area contributed by atoms with Crippen molar-refractivity contribution in [3.8, 4) is 11.3 Å². The van der Waals surface area contributed by atoms with Gasteiger partial charge >= 0.3 is 6.18 Å². The number of nitrogens with one attached hydrogen (secondary N) is 2. The molecule has 0 spiro atoms. The van der Waals surface area contributed by atoms with Crippen molar-refractivity contribution >= 4 is 11.6 Å². The highest BCUT2D eigenvalue weighted by atomic mass is 19.4. The quantitative estimate of drug-likeness (QED) is 0.454. The molecule has 29 heavy (non-hydrogen) atoms. The van der Waals surface area contributed by atoms with E-state index < -0.39 is 46.6 Å². The van der Waals surface area contributed by atoms with Gasteiger partial charge in [-0.15, -0.1) is 0 Å². The smallest absolute Gasteiger partial charge is 0.322 e. The van der Waals surface area contributed by atoms with Crippen LogP contribution in [0, 0.1) is 30.2 Å². The van der Waals surface area contributed by atoms with Crippen LogP contribution in [0.3, 0.4) is 0 Å². The van der Waals surface area contributed by atoms with Gasteiger partial charge in [0.25, 0.3) is 5.91 Å². The summed E-state index contributed by atoms with van der Waals surface area (Å²) >= 11 is 0. The number of H-pyrrole nitrogens is 1. The average molecular weight is 417 g/mol. The summed E-state index contributed by atoms with van der Waals surface area (Å²) in [6.45, 7) is 1.10. The van der Waals surface area contributed by atoms with E-state index in [2.05, 4.69) is 5.10 Å². The second-order valence-corrected chi connectivity index (χ2v) is 5.94. The van der Waals surface area contributed by atoms with Crippen molar-refractivity contribution in [1.82, 2.24) is 10.2 Å². The summed E-state index contributed by atoms with van der Waals surface area (Å²) in [5.41, 5.74) is -3.53. The third-order valence-corrected chi connectivity index (χ3v) is 4.05. The Hall–Kier alpha value is -3.37. The number of aromatic amines is 1. The van der Waals surface area contributed by atoms with Crippen molar-refractivity contribution in [2.24, 2.45) is 0 Å². The molecule has 2 aromatic carbocycles. The van der Waals surface area contributed by atoms with E-state index in [9.17, 15) is 35.5 Å². The molecule has 2 N–H and O–H groups in total. The van der Waals surface area contributed by atoms with Crippen LogP contribution in [0.4, 0.5) is 36.4 Å². The molecule has 0 fully saturated rings. The highest BCUT2D eigenvalue weighted by molar-refractivity contribution is 6.04. The maximum Gasteiger partial charge on any atom is 0.433 e. The van der Waals surface area contributed by atoms with E-state index in [0.29, 0.717) is 12.1 Å². The lowest BCUT2D eigenvalue weighted by Crippen LogP contribution is -2.17. The molecule has 0 saturated carbocycles. The molecule has 0 saturated heterocycles. The Kier molecular flexibility index (Phi) is 5.07. The van der Waals surface area contributed by atoms with Crippen molar-refractivity contribution in [3.63, 3.8) is 0 Å². The monoisotopic (exact) mass is 417 g/mol. The van der Waals surface area contributed by atoms with Gasteiger partial charge in [0.05, 0.1) is 5.69 Å². The number of anilines is 1. The molecule has 0 bridgehead atoms. The van der Waals surface area contributed by atoms with Crippen molar-refractivity contribution < 1.29 is 35.5 Å². The number of alkyl halides is 3. The molecular formula is C18H10F7N3O. The fourth-order valence-electron chi connectivity index (χ4n) is 2.65. The lowest BCUT2D eigenvalue weighted by molar-refractivity contribution is -0.141. The Morgan fingerprint density at radius 1 is 1.00 bits per heavy atom. The van der Waals surface area contributed by atoms with Crippen molar-refractivity contribution in [2.75, 3.05) is 5.32 Å². The number of carbonyl (C=O) groups excluding carboxylic acids is 1. The Morgan fingerprint density at radius 3 is 2.24 bits per heavy atom. The maximum absolute atomic E-state index is 14.4. The van der Waals surface area contributed by atoms with Crippen LogP contribution in [-0.4, -0.2) is 16.1 Å². The van der Waals surface area contributed by atoms with E-state index in [4.69, 9.17) is 0 Å². The van der Waals surface area contributed by atoms with Gasteiger partial charge in [-0.1, -0.05) is 0 Å². The zero-order valence-electron chi connectivity index (χ0n) is 14.4. The van der Waals surface area contributed by atoms with Gasteiger partial charge < -0.3 is 5.32 Å². The van der Waals surface area contributed by atoms with Gasteiger partial charge in [-0.3, -0.25) is 9.89 Å². The normalized spacial score (nSPS) is 11.6. The minimum Gasteiger partial charge on any atom is -0.322 e. The Morgan fingerprint density at radius 2 is 1.66 bits per heavy atom. The number of nitrogens with zero attached hydrogens (tertiary/aromatic N) is 1. The number of rotatable bonds is 3. The van der Waals surface area contributed by atoms with Crippen molar-refractivity contribution in [3.05, 3.63) is 70.4 Å². The molecule has 3 aromatic rings. The molecule has 0 aliphatic rings. The average Bonchev–Trinajstić information content (AvgIpc) is 3.00. The summed E-state index contributed by atoms with van der Waals surface area (Å²) in [6, 6.07) is 3.90. The maximum atomic E-state index is 14.4. The second-order valence-electron chi connectivity index (χ2n) is 5.94. The number of benzene rings is 2. The van der Waals surface area contributed by atoms with Gasteiger partial charge in [0, 0.05) is 16.8 Å². The number of hydrogen-bond donors (Lipinski definition) is 2. The fraction of sp³-hybridized carbons (Fsp3) is 0.111. The zero-order valence-corrected chi connectivity index (χ0v) is 14.4. The van der Waals surface area contributed by atoms with Gasteiger partial charge in [-0.25, -0.2) is 17.6 Å². The first-order chi connectivity index (χ1) is 13.5. The number of amides is 1. The molecule has 152 valence electrons. The van der Waals surface area contributed by atoms with E-state index in [-0.39, 0.29) is 22.5 Å².